The second-order valence-corrected chi connectivity index (χ2v) is 6.67. The van der Waals surface area contributed by atoms with Crippen molar-refractivity contribution in [2.45, 2.75) is 18.7 Å². The summed E-state index contributed by atoms with van der Waals surface area (Å²) in [5.74, 6) is 0.0153. The molecule has 0 saturated heterocycles. The molecule has 0 aliphatic rings. The first kappa shape index (κ1) is 18.4. The molecule has 6 heteroatoms. The zero-order valence-corrected chi connectivity index (χ0v) is 15.1. The lowest BCUT2D eigenvalue weighted by Gasteiger charge is -2.10. The lowest BCUT2D eigenvalue weighted by molar-refractivity contribution is -0.113. The molecule has 0 aliphatic carbocycles. The van der Waals surface area contributed by atoms with Gasteiger partial charge in [0.15, 0.2) is 0 Å². The van der Waals surface area contributed by atoms with E-state index in [2.05, 4.69) is 10.6 Å². The van der Waals surface area contributed by atoms with Crippen molar-refractivity contribution >= 4 is 40.9 Å². The van der Waals surface area contributed by atoms with Gasteiger partial charge in [0, 0.05) is 27.7 Å². The van der Waals surface area contributed by atoms with Crippen LogP contribution < -0.4 is 10.6 Å². The van der Waals surface area contributed by atoms with Gasteiger partial charge >= 0.3 is 0 Å². The SMILES string of the molecule is CCNC(=O)c1ccc(C)c(NC(=O)CSc2ccc(Cl)cc2)c1. The highest BCUT2D eigenvalue weighted by molar-refractivity contribution is 8.00. The van der Waals surface area contributed by atoms with Crippen LogP contribution in [0.1, 0.15) is 22.8 Å². The van der Waals surface area contributed by atoms with E-state index in [1.54, 1.807) is 24.3 Å². The predicted molar refractivity (Wildman–Crippen MR) is 100.0 cm³/mol. The van der Waals surface area contributed by atoms with Crippen LogP contribution in [0.15, 0.2) is 47.4 Å². The zero-order chi connectivity index (χ0) is 17.5. The van der Waals surface area contributed by atoms with Crippen LogP contribution in [0.2, 0.25) is 5.02 Å². The molecule has 24 heavy (non-hydrogen) atoms. The average molecular weight is 363 g/mol. The molecule has 0 saturated carbocycles. The molecule has 4 nitrogen and oxygen atoms in total. The number of rotatable bonds is 6. The van der Waals surface area contributed by atoms with E-state index in [1.807, 2.05) is 32.0 Å². The van der Waals surface area contributed by atoms with Gasteiger partial charge in [0.1, 0.15) is 0 Å². The minimum absolute atomic E-state index is 0.119. The first-order chi connectivity index (χ1) is 11.5. The zero-order valence-electron chi connectivity index (χ0n) is 13.6. The maximum absolute atomic E-state index is 12.2. The number of anilines is 1. The molecule has 2 amide bonds. The van der Waals surface area contributed by atoms with Gasteiger partial charge in [-0.05, 0) is 55.8 Å². The Morgan fingerprint density at radius 3 is 2.50 bits per heavy atom. The van der Waals surface area contributed by atoms with E-state index in [1.165, 1.54) is 11.8 Å². The summed E-state index contributed by atoms with van der Waals surface area (Å²) in [4.78, 5) is 25.0. The van der Waals surface area contributed by atoms with Gasteiger partial charge in [-0.25, -0.2) is 0 Å². The number of nitrogens with one attached hydrogen (secondary N) is 2. The van der Waals surface area contributed by atoms with E-state index in [0.717, 1.165) is 10.5 Å². The molecule has 2 aromatic carbocycles. The quantitative estimate of drug-likeness (QED) is 0.759. The second-order valence-electron chi connectivity index (χ2n) is 5.18. The molecule has 0 aromatic heterocycles. The van der Waals surface area contributed by atoms with Crippen molar-refractivity contribution in [2.24, 2.45) is 0 Å². The van der Waals surface area contributed by atoms with Gasteiger partial charge in [-0.3, -0.25) is 9.59 Å². The van der Waals surface area contributed by atoms with Crippen molar-refractivity contribution in [2.75, 3.05) is 17.6 Å². The van der Waals surface area contributed by atoms with Crippen LogP contribution in [-0.2, 0) is 4.79 Å². The number of thioether (sulfide) groups is 1. The van der Waals surface area contributed by atoms with Crippen molar-refractivity contribution in [1.29, 1.82) is 0 Å². The first-order valence-electron chi connectivity index (χ1n) is 7.56. The summed E-state index contributed by atoms with van der Waals surface area (Å²) in [5.41, 5.74) is 2.09. The lowest BCUT2D eigenvalue weighted by Crippen LogP contribution is -2.23. The molecule has 0 aliphatic heterocycles. The summed E-state index contributed by atoms with van der Waals surface area (Å²) in [5, 5.41) is 6.28. The standard InChI is InChI=1S/C18H19ClN2O2S/c1-3-20-18(23)13-5-4-12(2)16(10-13)21-17(22)11-24-15-8-6-14(19)7-9-15/h4-10H,3,11H2,1-2H3,(H,20,23)(H,21,22). The van der Waals surface area contributed by atoms with Gasteiger partial charge < -0.3 is 10.6 Å². The minimum Gasteiger partial charge on any atom is -0.352 e. The van der Waals surface area contributed by atoms with Crippen LogP contribution in [0.25, 0.3) is 0 Å². The van der Waals surface area contributed by atoms with Crippen molar-refractivity contribution < 1.29 is 9.59 Å². The number of amides is 2. The number of carbonyl (C=O) groups is 2. The van der Waals surface area contributed by atoms with E-state index in [-0.39, 0.29) is 17.6 Å². The fraction of sp³-hybridized carbons (Fsp3) is 0.222. The molecule has 2 rings (SSSR count). The molecule has 0 unspecified atom stereocenters. The summed E-state index contributed by atoms with van der Waals surface area (Å²) in [7, 11) is 0. The summed E-state index contributed by atoms with van der Waals surface area (Å²) in [6.45, 7) is 4.32. The third-order valence-electron chi connectivity index (χ3n) is 3.29. The Morgan fingerprint density at radius 2 is 1.83 bits per heavy atom. The Bertz CT molecular complexity index is 732. The van der Waals surface area contributed by atoms with E-state index >= 15 is 0 Å². The molecule has 2 N–H and O–H groups in total. The number of halogens is 1. The number of hydrogen-bond donors (Lipinski definition) is 2. The summed E-state index contributed by atoms with van der Waals surface area (Å²) in [6, 6.07) is 12.6. The Hall–Kier alpha value is -1.98. The molecule has 0 radical (unpaired) electrons. The first-order valence-corrected chi connectivity index (χ1v) is 8.93. The van der Waals surface area contributed by atoms with Gasteiger partial charge in [0.2, 0.25) is 5.91 Å². The number of aryl methyl sites for hydroxylation is 1. The number of carbonyl (C=O) groups excluding carboxylic acids is 2. The van der Waals surface area contributed by atoms with Crippen LogP contribution >= 0.6 is 23.4 Å². The highest BCUT2D eigenvalue weighted by atomic mass is 35.5. The Labute approximate surface area is 151 Å². The molecule has 0 atom stereocenters. The monoisotopic (exact) mass is 362 g/mol. The molecular formula is C18H19ClN2O2S. The van der Waals surface area contributed by atoms with Crippen molar-refractivity contribution in [3.63, 3.8) is 0 Å². The molecular weight excluding hydrogens is 344 g/mol. The van der Waals surface area contributed by atoms with Gasteiger partial charge in [0.05, 0.1) is 5.75 Å². The molecule has 0 heterocycles. The third kappa shape index (κ3) is 5.28. The molecule has 0 fully saturated rings. The van der Waals surface area contributed by atoms with Crippen molar-refractivity contribution in [1.82, 2.24) is 5.32 Å². The van der Waals surface area contributed by atoms with E-state index in [4.69, 9.17) is 11.6 Å². The van der Waals surface area contributed by atoms with Gasteiger partial charge in [-0.1, -0.05) is 17.7 Å². The maximum Gasteiger partial charge on any atom is 0.251 e. The highest BCUT2D eigenvalue weighted by Crippen LogP contribution is 2.22. The Balaban J connectivity index is 1.98. The minimum atomic E-state index is -0.150. The third-order valence-corrected chi connectivity index (χ3v) is 4.56. The fourth-order valence-electron chi connectivity index (χ4n) is 2.03. The average Bonchev–Trinajstić information content (AvgIpc) is 2.56. The molecule has 2 aromatic rings. The van der Waals surface area contributed by atoms with Crippen LogP contribution in [0.4, 0.5) is 5.69 Å². The van der Waals surface area contributed by atoms with Crippen LogP contribution in [0.3, 0.4) is 0 Å². The topological polar surface area (TPSA) is 58.2 Å². The highest BCUT2D eigenvalue weighted by Gasteiger charge is 2.10. The van der Waals surface area contributed by atoms with Crippen LogP contribution in [-0.4, -0.2) is 24.1 Å². The Kier molecular flexibility index (Phi) is 6.70. The van der Waals surface area contributed by atoms with Gasteiger partial charge in [-0.15, -0.1) is 11.8 Å². The van der Waals surface area contributed by atoms with Crippen molar-refractivity contribution in [3.8, 4) is 0 Å². The van der Waals surface area contributed by atoms with Crippen LogP contribution in [0, 0.1) is 6.92 Å². The second kappa shape index (κ2) is 8.76. The van der Waals surface area contributed by atoms with E-state index < -0.39 is 0 Å². The summed E-state index contributed by atoms with van der Waals surface area (Å²) in [6.07, 6.45) is 0. The Morgan fingerprint density at radius 1 is 1.12 bits per heavy atom. The maximum atomic E-state index is 12.2. The van der Waals surface area contributed by atoms with Gasteiger partial charge in [-0.2, -0.15) is 0 Å². The normalized spacial score (nSPS) is 10.3. The number of benzene rings is 2. The summed E-state index contributed by atoms with van der Waals surface area (Å²) >= 11 is 7.27. The predicted octanol–water partition coefficient (Wildman–Crippen LogP) is 4.13. The smallest absolute Gasteiger partial charge is 0.251 e. The van der Waals surface area contributed by atoms with Crippen LogP contribution in [0.5, 0.6) is 0 Å². The largest absolute Gasteiger partial charge is 0.352 e. The number of hydrogen-bond acceptors (Lipinski definition) is 3. The fourth-order valence-corrected chi connectivity index (χ4v) is 2.85. The molecule has 0 bridgehead atoms. The van der Waals surface area contributed by atoms with Gasteiger partial charge in [0.25, 0.3) is 5.91 Å². The van der Waals surface area contributed by atoms with E-state index in [9.17, 15) is 9.59 Å². The van der Waals surface area contributed by atoms with E-state index in [0.29, 0.717) is 22.8 Å². The summed E-state index contributed by atoms with van der Waals surface area (Å²) < 4.78 is 0. The lowest BCUT2D eigenvalue weighted by atomic mass is 10.1. The molecule has 126 valence electrons. The van der Waals surface area contributed by atoms with Crippen molar-refractivity contribution in [3.05, 3.63) is 58.6 Å². The molecule has 0 spiro atoms.